The van der Waals surface area contributed by atoms with E-state index in [1.807, 2.05) is 27.7 Å². The molecule has 20 heavy (non-hydrogen) atoms. The predicted molar refractivity (Wildman–Crippen MR) is 74.3 cm³/mol. The molecule has 0 aliphatic carbocycles. The number of aromatic nitrogens is 1. The first-order valence-corrected chi connectivity index (χ1v) is 6.95. The predicted octanol–water partition coefficient (Wildman–Crippen LogP) is 2.17. The lowest BCUT2D eigenvalue weighted by molar-refractivity contribution is 0.0291. The van der Waals surface area contributed by atoms with Crippen molar-refractivity contribution in [3.05, 3.63) is 17.0 Å². The van der Waals surface area contributed by atoms with E-state index >= 15 is 0 Å². The fourth-order valence-electron chi connectivity index (χ4n) is 2.44. The van der Waals surface area contributed by atoms with E-state index in [-0.39, 0.29) is 12.0 Å². The number of aryl methyl sites for hydroxylation is 1. The van der Waals surface area contributed by atoms with E-state index < -0.39 is 5.60 Å². The molecule has 1 amide bonds. The van der Waals surface area contributed by atoms with Crippen LogP contribution in [0.5, 0.6) is 0 Å². The monoisotopic (exact) mass is 281 g/mol. The number of hydrogen-bond donors (Lipinski definition) is 1. The molecule has 1 aliphatic heterocycles. The average Bonchev–Trinajstić information content (AvgIpc) is 2.92. The van der Waals surface area contributed by atoms with Crippen LogP contribution in [-0.4, -0.2) is 34.8 Å². The lowest BCUT2D eigenvalue weighted by Crippen LogP contribution is -2.35. The van der Waals surface area contributed by atoms with Gasteiger partial charge >= 0.3 is 6.09 Å². The van der Waals surface area contributed by atoms with E-state index in [1.54, 1.807) is 4.90 Å². The molecular weight excluding hydrogens is 258 g/mol. The summed E-state index contributed by atoms with van der Waals surface area (Å²) in [5, 5.41) is 3.97. The van der Waals surface area contributed by atoms with Gasteiger partial charge in [-0.1, -0.05) is 5.16 Å². The fourth-order valence-corrected chi connectivity index (χ4v) is 2.44. The Balaban J connectivity index is 2.03. The first-order valence-electron chi connectivity index (χ1n) is 6.95. The van der Waals surface area contributed by atoms with Crippen LogP contribution in [0.1, 0.15) is 50.1 Å². The highest BCUT2D eigenvalue weighted by atomic mass is 16.6. The number of nitrogens with two attached hydrogens (primary N) is 1. The minimum atomic E-state index is -0.472. The molecule has 2 heterocycles. The maximum absolute atomic E-state index is 12.0. The highest BCUT2D eigenvalue weighted by molar-refractivity contribution is 5.68. The molecule has 1 unspecified atom stereocenters. The third-order valence-electron chi connectivity index (χ3n) is 3.43. The number of carbonyl (C=O) groups is 1. The van der Waals surface area contributed by atoms with E-state index in [2.05, 4.69) is 5.16 Å². The van der Waals surface area contributed by atoms with Crippen LogP contribution in [0.25, 0.3) is 0 Å². The Morgan fingerprint density at radius 3 is 2.85 bits per heavy atom. The molecule has 0 radical (unpaired) electrons. The molecule has 6 heteroatoms. The molecule has 1 fully saturated rings. The summed E-state index contributed by atoms with van der Waals surface area (Å²) in [6, 6.07) is 0. The summed E-state index contributed by atoms with van der Waals surface area (Å²) in [4.78, 5) is 13.7. The zero-order chi connectivity index (χ0) is 14.9. The zero-order valence-electron chi connectivity index (χ0n) is 12.6. The summed E-state index contributed by atoms with van der Waals surface area (Å²) in [6.07, 6.45) is 0.575. The van der Waals surface area contributed by atoms with Crippen molar-refractivity contribution in [1.29, 1.82) is 0 Å². The van der Waals surface area contributed by atoms with Gasteiger partial charge in [0.25, 0.3) is 0 Å². The minimum Gasteiger partial charge on any atom is -0.444 e. The maximum atomic E-state index is 12.0. The molecule has 1 aliphatic rings. The first kappa shape index (κ1) is 14.8. The third kappa shape index (κ3) is 3.12. The highest BCUT2D eigenvalue weighted by Gasteiger charge is 2.33. The molecule has 2 rings (SSSR count). The second kappa shape index (κ2) is 5.44. The zero-order valence-corrected chi connectivity index (χ0v) is 12.6. The summed E-state index contributed by atoms with van der Waals surface area (Å²) in [5.41, 5.74) is 7.06. The van der Waals surface area contributed by atoms with Crippen LogP contribution in [0, 0.1) is 6.92 Å². The molecule has 1 saturated heterocycles. The van der Waals surface area contributed by atoms with Crippen LogP contribution in [0.3, 0.4) is 0 Å². The fraction of sp³-hybridized carbons (Fsp3) is 0.714. The number of nitrogens with zero attached hydrogens (tertiary/aromatic N) is 2. The van der Waals surface area contributed by atoms with Gasteiger partial charge in [0.15, 0.2) is 0 Å². The summed E-state index contributed by atoms with van der Waals surface area (Å²) < 4.78 is 10.8. The van der Waals surface area contributed by atoms with Gasteiger partial charge in [-0.05, 0) is 34.1 Å². The molecule has 0 saturated carbocycles. The van der Waals surface area contributed by atoms with Crippen molar-refractivity contribution in [3.8, 4) is 0 Å². The Hall–Kier alpha value is -1.56. The van der Waals surface area contributed by atoms with Gasteiger partial charge in [0, 0.05) is 31.1 Å². The van der Waals surface area contributed by atoms with Crippen LogP contribution in [-0.2, 0) is 11.3 Å². The highest BCUT2D eigenvalue weighted by Crippen LogP contribution is 2.31. The van der Waals surface area contributed by atoms with Crippen molar-refractivity contribution < 1.29 is 14.1 Å². The van der Waals surface area contributed by atoms with Gasteiger partial charge in [-0.3, -0.25) is 0 Å². The van der Waals surface area contributed by atoms with Gasteiger partial charge in [0.05, 0.1) is 5.69 Å². The maximum Gasteiger partial charge on any atom is 0.410 e. The van der Waals surface area contributed by atoms with Gasteiger partial charge < -0.3 is 19.9 Å². The van der Waals surface area contributed by atoms with Crippen molar-refractivity contribution in [1.82, 2.24) is 10.1 Å². The number of rotatable bonds is 2. The topological polar surface area (TPSA) is 81.6 Å². The molecule has 0 aromatic carbocycles. The largest absolute Gasteiger partial charge is 0.444 e. The molecule has 1 atom stereocenters. The van der Waals surface area contributed by atoms with E-state index in [1.165, 1.54) is 0 Å². The number of amides is 1. The number of likely N-dealkylation sites (tertiary alicyclic amines) is 1. The lowest BCUT2D eigenvalue weighted by atomic mass is 10.0. The second-order valence-electron chi connectivity index (χ2n) is 6.23. The first-order chi connectivity index (χ1) is 9.31. The summed E-state index contributed by atoms with van der Waals surface area (Å²) in [7, 11) is 0. The average molecular weight is 281 g/mol. The van der Waals surface area contributed by atoms with Gasteiger partial charge in [-0.25, -0.2) is 4.79 Å². The molecule has 6 nitrogen and oxygen atoms in total. The molecule has 0 bridgehead atoms. The molecule has 0 spiro atoms. The SMILES string of the molecule is Cc1noc(C2CCN(C(=O)OC(C)(C)C)C2)c1CN. The van der Waals surface area contributed by atoms with Gasteiger partial charge in [-0.15, -0.1) is 0 Å². The molecule has 2 N–H and O–H groups in total. The van der Waals surface area contributed by atoms with E-state index in [9.17, 15) is 4.79 Å². The number of hydrogen-bond acceptors (Lipinski definition) is 5. The standard InChI is InChI=1S/C14H23N3O3/c1-9-11(7-15)12(20-16-9)10-5-6-17(8-10)13(18)19-14(2,3)4/h10H,5-8,15H2,1-4H3. The minimum absolute atomic E-state index is 0.155. The summed E-state index contributed by atoms with van der Waals surface area (Å²) >= 11 is 0. The van der Waals surface area contributed by atoms with Gasteiger partial charge in [0.2, 0.25) is 0 Å². The van der Waals surface area contributed by atoms with E-state index in [0.717, 1.165) is 23.4 Å². The Labute approximate surface area is 119 Å². The smallest absolute Gasteiger partial charge is 0.410 e. The van der Waals surface area contributed by atoms with Gasteiger partial charge in [0.1, 0.15) is 11.4 Å². The molecule has 1 aromatic rings. The van der Waals surface area contributed by atoms with Crippen molar-refractivity contribution in [3.63, 3.8) is 0 Å². The molecular formula is C14H23N3O3. The normalized spacial score (nSPS) is 19.4. The van der Waals surface area contributed by atoms with Crippen LogP contribution in [0.2, 0.25) is 0 Å². The third-order valence-corrected chi connectivity index (χ3v) is 3.43. The Morgan fingerprint density at radius 1 is 1.55 bits per heavy atom. The van der Waals surface area contributed by atoms with E-state index in [4.69, 9.17) is 15.0 Å². The van der Waals surface area contributed by atoms with Crippen molar-refractivity contribution in [2.75, 3.05) is 13.1 Å². The van der Waals surface area contributed by atoms with Crippen molar-refractivity contribution in [2.24, 2.45) is 5.73 Å². The van der Waals surface area contributed by atoms with Gasteiger partial charge in [-0.2, -0.15) is 0 Å². The second-order valence-corrected chi connectivity index (χ2v) is 6.23. The van der Waals surface area contributed by atoms with Crippen molar-refractivity contribution >= 4 is 6.09 Å². The lowest BCUT2D eigenvalue weighted by Gasteiger charge is -2.24. The van der Waals surface area contributed by atoms with E-state index in [0.29, 0.717) is 19.6 Å². The molecule has 112 valence electrons. The Morgan fingerprint density at radius 2 is 2.25 bits per heavy atom. The quantitative estimate of drug-likeness (QED) is 0.898. The van der Waals surface area contributed by atoms with Crippen LogP contribution >= 0.6 is 0 Å². The van der Waals surface area contributed by atoms with Crippen LogP contribution in [0.15, 0.2) is 4.52 Å². The number of carbonyl (C=O) groups excluding carboxylic acids is 1. The number of ether oxygens (including phenoxy) is 1. The van der Waals surface area contributed by atoms with Crippen molar-refractivity contribution in [2.45, 2.75) is 52.2 Å². The Bertz CT molecular complexity index is 490. The van der Waals surface area contributed by atoms with Crippen LogP contribution < -0.4 is 5.73 Å². The summed E-state index contributed by atoms with van der Waals surface area (Å²) in [6.45, 7) is 9.16. The summed E-state index contributed by atoms with van der Waals surface area (Å²) in [5.74, 6) is 0.971. The van der Waals surface area contributed by atoms with Crippen LogP contribution in [0.4, 0.5) is 4.79 Å². The molecule has 1 aromatic heterocycles. The Kier molecular flexibility index (Phi) is 4.04.